The molecule has 0 radical (unpaired) electrons. The molecule has 2 amide bonds. The SMILES string of the molecule is CC(=O)NC[C@H]1CN(c2ccc(-c3ccc(CNCC#N)c(F)c3)c(F)c2)C(=O)O1. The minimum absolute atomic E-state index is 0.0991. The molecule has 0 aromatic heterocycles. The molecular formula is C21H20F2N4O3. The van der Waals surface area contributed by atoms with Gasteiger partial charge in [-0.25, -0.2) is 13.6 Å². The lowest BCUT2D eigenvalue weighted by Gasteiger charge is -2.15. The number of halogens is 2. The lowest BCUT2D eigenvalue weighted by atomic mass is 10.0. The second-order valence-electron chi connectivity index (χ2n) is 6.79. The van der Waals surface area contributed by atoms with E-state index in [9.17, 15) is 18.4 Å². The fourth-order valence-corrected chi connectivity index (χ4v) is 3.11. The first kappa shape index (κ1) is 21.2. The van der Waals surface area contributed by atoms with Gasteiger partial charge in [0.1, 0.15) is 17.7 Å². The van der Waals surface area contributed by atoms with E-state index in [-0.39, 0.29) is 37.6 Å². The van der Waals surface area contributed by atoms with E-state index in [2.05, 4.69) is 10.6 Å². The molecule has 0 saturated carbocycles. The number of nitrogens with zero attached hydrogens (tertiary/aromatic N) is 2. The van der Waals surface area contributed by atoms with Crippen molar-refractivity contribution in [1.29, 1.82) is 5.26 Å². The summed E-state index contributed by atoms with van der Waals surface area (Å²) in [5, 5.41) is 13.9. The number of hydrogen-bond acceptors (Lipinski definition) is 5. The number of amides is 2. The lowest BCUT2D eigenvalue weighted by molar-refractivity contribution is -0.119. The molecule has 0 unspecified atom stereocenters. The summed E-state index contributed by atoms with van der Waals surface area (Å²) in [5.74, 6) is -1.36. The van der Waals surface area contributed by atoms with Gasteiger partial charge in [-0.1, -0.05) is 12.1 Å². The molecule has 1 atom stereocenters. The van der Waals surface area contributed by atoms with Gasteiger partial charge in [0.05, 0.1) is 31.4 Å². The first-order valence-corrected chi connectivity index (χ1v) is 9.27. The van der Waals surface area contributed by atoms with Crippen LogP contribution in [-0.4, -0.2) is 37.7 Å². The minimum atomic E-state index is -0.627. The van der Waals surface area contributed by atoms with Crippen LogP contribution in [0.2, 0.25) is 0 Å². The van der Waals surface area contributed by atoms with Crippen LogP contribution < -0.4 is 15.5 Å². The van der Waals surface area contributed by atoms with Gasteiger partial charge in [0, 0.05) is 24.6 Å². The zero-order valence-corrected chi connectivity index (χ0v) is 16.2. The summed E-state index contributed by atoms with van der Waals surface area (Å²) in [7, 11) is 0. The highest BCUT2D eigenvalue weighted by Gasteiger charge is 2.32. The lowest BCUT2D eigenvalue weighted by Crippen LogP contribution is -2.33. The van der Waals surface area contributed by atoms with Crippen molar-refractivity contribution in [2.75, 3.05) is 24.5 Å². The van der Waals surface area contributed by atoms with Gasteiger partial charge in [0.2, 0.25) is 5.91 Å². The normalized spacial score (nSPS) is 15.6. The van der Waals surface area contributed by atoms with E-state index in [0.29, 0.717) is 16.8 Å². The second-order valence-corrected chi connectivity index (χ2v) is 6.79. The van der Waals surface area contributed by atoms with Gasteiger partial charge >= 0.3 is 6.09 Å². The van der Waals surface area contributed by atoms with Crippen LogP contribution in [0.15, 0.2) is 36.4 Å². The van der Waals surface area contributed by atoms with Crippen LogP contribution >= 0.6 is 0 Å². The number of carbonyl (C=O) groups excluding carboxylic acids is 2. The van der Waals surface area contributed by atoms with Crippen LogP contribution in [0.3, 0.4) is 0 Å². The zero-order valence-electron chi connectivity index (χ0n) is 16.2. The van der Waals surface area contributed by atoms with Crippen molar-refractivity contribution >= 4 is 17.7 Å². The average molecular weight is 414 g/mol. The number of benzene rings is 2. The van der Waals surface area contributed by atoms with Crippen LogP contribution in [0.4, 0.5) is 19.3 Å². The van der Waals surface area contributed by atoms with Gasteiger partial charge in [-0.05, 0) is 29.8 Å². The minimum Gasteiger partial charge on any atom is -0.442 e. The molecule has 9 heteroatoms. The second kappa shape index (κ2) is 9.33. The molecule has 2 aromatic carbocycles. The Hall–Kier alpha value is -3.51. The Bertz CT molecular complexity index is 1010. The van der Waals surface area contributed by atoms with Gasteiger partial charge in [-0.3, -0.25) is 9.69 Å². The molecule has 3 rings (SSSR count). The Morgan fingerprint density at radius 3 is 2.73 bits per heavy atom. The quantitative estimate of drug-likeness (QED) is 0.537. The third-order valence-electron chi connectivity index (χ3n) is 4.60. The van der Waals surface area contributed by atoms with Crippen molar-refractivity contribution in [2.45, 2.75) is 19.6 Å². The van der Waals surface area contributed by atoms with E-state index < -0.39 is 23.8 Å². The molecule has 1 fully saturated rings. The van der Waals surface area contributed by atoms with Gasteiger partial charge < -0.3 is 15.4 Å². The van der Waals surface area contributed by atoms with Crippen LogP contribution in [0.1, 0.15) is 12.5 Å². The molecule has 2 aromatic rings. The maximum Gasteiger partial charge on any atom is 0.414 e. The first-order valence-electron chi connectivity index (χ1n) is 9.27. The Balaban J connectivity index is 1.74. The first-order chi connectivity index (χ1) is 14.4. The maximum atomic E-state index is 14.7. The van der Waals surface area contributed by atoms with Crippen molar-refractivity contribution in [3.05, 3.63) is 53.6 Å². The van der Waals surface area contributed by atoms with E-state index in [4.69, 9.17) is 10.00 Å². The molecule has 30 heavy (non-hydrogen) atoms. The smallest absolute Gasteiger partial charge is 0.414 e. The Morgan fingerprint density at radius 1 is 1.27 bits per heavy atom. The highest BCUT2D eigenvalue weighted by molar-refractivity contribution is 5.90. The maximum absolute atomic E-state index is 14.7. The number of anilines is 1. The summed E-state index contributed by atoms with van der Waals surface area (Å²) in [6.07, 6.45) is -1.15. The van der Waals surface area contributed by atoms with Crippen LogP contribution in [0.25, 0.3) is 11.1 Å². The summed E-state index contributed by atoms with van der Waals surface area (Å²) in [5.41, 5.74) is 1.23. The standard InChI is InChI=1S/C21H20F2N4O3/c1-13(28)26-11-17-12-27(21(29)30-17)16-4-5-18(20(23)9-16)14-2-3-15(19(22)8-14)10-25-7-6-24/h2-5,8-9,17,25H,7,10-12H2,1H3,(H,26,28)/t17-/m0/s1. The largest absolute Gasteiger partial charge is 0.442 e. The van der Waals surface area contributed by atoms with E-state index in [1.165, 1.54) is 36.1 Å². The fraction of sp³-hybridized carbons (Fsp3) is 0.286. The highest BCUT2D eigenvalue weighted by Crippen LogP contribution is 2.30. The number of nitriles is 1. The number of carbonyl (C=O) groups is 2. The van der Waals surface area contributed by atoms with Crippen molar-refractivity contribution in [3.63, 3.8) is 0 Å². The van der Waals surface area contributed by atoms with E-state index >= 15 is 0 Å². The molecule has 1 aliphatic heterocycles. The van der Waals surface area contributed by atoms with Crippen LogP contribution in [0.5, 0.6) is 0 Å². The molecule has 7 nitrogen and oxygen atoms in total. The molecule has 0 aliphatic carbocycles. The number of hydrogen-bond donors (Lipinski definition) is 2. The van der Waals surface area contributed by atoms with E-state index in [1.807, 2.05) is 6.07 Å². The van der Waals surface area contributed by atoms with Gasteiger partial charge in [-0.15, -0.1) is 0 Å². The predicted octanol–water partition coefficient (Wildman–Crippen LogP) is 2.71. The van der Waals surface area contributed by atoms with Gasteiger partial charge in [0.25, 0.3) is 0 Å². The molecule has 156 valence electrons. The molecule has 2 N–H and O–H groups in total. The summed E-state index contributed by atoms with van der Waals surface area (Å²) in [6, 6.07) is 10.5. The molecule has 0 bridgehead atoms. The third-order valence-corrected chi connectivity index (χ3v) is 4.60. The molecule has 1 saturated heterocycles. The van der Waals surface area contributed by atoms with Crippen LogP contribution in [0, 0.1) is 23.0 Å². The van der Waals surface area contributed by atoms with Crippen molar-refractivity contribution in [2.24, 2.45) is 0 Å². The Labute approximate surface area is 172 Å². The summed E-state index contributed by atoms with van der Waals surface area (Å²) in [4.78, 5) is 24.4. The highest BCUT2D eigenvalue weighted by atomic mass is 19.1. The van der Waals surface area contributed by atoms with Gasteiger partial charge in [-0.2, -0.15) is 5.26 Å². The van der Waals surface area contributed by atoms with Crippen LogP contribution in [-0.2, 0) is 16.1 Å². The number of nitrogens with one attached hydrogen (secondary N) is 2. The van der Waals surface area contributed by atoms with Crippen molar-refractivity contribution in [1.82, 2.24) is 10.6 Å². The third kappa shape index (κ3) is 4.90. The summed E-state index contributed by atoms with van der Waals surface area (Å²) in [6.45, 7) is 2.00. The van der Waals surface area contributed by atoms with Gasteiger partial charge in [0.15, 0.2) is 0 Å². The zero-order chi connectivity index (χ0) is 21.7. The number of rotatable bonds is 7. The number of cyclic esters (lactones) is 1. The van der Waals surface area contributed by atoms with Crippen molar-refractivity contribution in [3.8, 4) is 17.2 Å². The number of ether oxygens (including phenoxy) is 1. The predicted molar refractivity (Wildman–Crippen MR) is 105 cm³/mol. The summed E-state index contributed by atoms with van der Waals surface area (Å²) < 4.78 is 34.2. The topological polar surface area (TPSA) is 94.5 Å². The van der Waals surface area contributed by atoms with E-state index in [0.717, 1.165) is 0 Å². The molecule has 1 heterocycles. The van der Waals surface area contributed by atoms with Crippen molar-refractivity contribution < 1.29 is 23.1 Å². The Kier molecular flexibility index (Phi) is 6.59. The molecule has 1 aliphatic rings. The Morgan fingerprint density at radius 2 is 2.07 bits per heavy atom. The molecule has 0 spiro atoms. The van der Waals surface area contributed by atoms with E-state index in [1.54, 1.807) is 12.1 Å². The fourth-order valence-electron chi connectivity index (χ4n) is 3.11. The molecular weight excluding hydrogens is 394 g/mol. The monoisotopic (exact) mass is 414 g/mol. The average Bonchev–Trinajstić information content (AvgIpc) is 3.08. The summed E-state index contributed by atoms with van der Waals surface area (Å²) >= 11 is 0.